The number of nitriles is 1. The molecule has 18 heavy (non-hydrogen) atoms. The normalized spacial score (nSPS) is 15.6. The lowest BCUT2D eigenvalue weighted by Gasteiger charge is -2.21. The van der Waals surface area contributed by atoms with Gasteiger partial charge in [-0.05, 0) is 37.1 Å². The van der Waals surface area contributed by atoms with E-state index in [0.29, 0.717) is 24.1 Å². The van der Waals surface area contributed by atoms with Crippen molar-refractivity contribution in [2.24, 2.45) is 5.41 Å². The lowest BCUT2D eigenvalue weighted by Crippen LogP contribution is -2.38. The molecule has 0 bridgehead atoms. The topological polar surface area (TPSA) is 81.4 Å². The smallest absolute Gasteiger partial charge is 0.319 e. The van der Waals surface area contributed by atoms with Gasteiger partial charge in [-0.3, -0.25) is 9.59 Å². The minimum atomic E-state index is -1.23. The van der Waals surface area contributed by atoms with Crippen LogP contribution in [0.5, 0.6) is 0 Å². The van der Waals surface area contributed by atoms with Gasteiger partial charge in [0.25, 0.3) is 0 Å². The summed E-state index contributed by atoms with van der Waals surface area (Å²) in [5.41, 5.74) is -0.145. The van der Waals surface area contributed by atoms with Crippen molar-refractivity contribution in [3.8, 4) is 6.07 Å². The van der Waals surface area contributed by atoms with E-state index < -0.39 is 17.3 Å². The van der Waals surface area contributed by atoms with Gasteiger partial charge in [-0.2, -0.15) is 5.26 Å². The molecule has 0 unspecified atom stereocenters. The van der Waals surface area contributed by atoms with Crippen LogP contribution < -0.4 is 4.90 Å². The molecule has 0 saturated heterocycles. The zero-order valence-electron chi connectivity index (χ0n) is 9.88. The predicted molar refractivity (Wildman–Crippen MR) is 63.9 cm³/mol. The van der Waals surface area contributed by atoms with Crippen molar-refractivity contribution in [3.63, 3.8) is 0 Å². The average Bonchev–Trinajstić information content (AvgIpc) is 3.18. The van der Waals surface area contributed by atoms with Crippen LogP contribution >= 0.6 is 0 Å². The lowest BCUT2D eigenvalue weighted by atomic mass is 10.1. The molecule has 1 aliphatic carbocycles. The summed E-state index contributed by atoms with van der Waals surface area (Å²) in [4.78, 5) is 24.5. The van der Waals surface area contributed by atoms with Gasteiger partial charge in [0.15, 0.2) is 0 Å². The van der Waals surface area contributed by atoms with E-state index in [0.717, 1.165) is 0 Å². The molecule has 92 valence electrons. The summed E-state index contributed by atoms with van der Waals surface area (Å²) in [6.45, 7) is 0. The highest BCUT2D eigenvalue weighted by molar-refractivity contribution is 6.11. The highest BCUT2D eigenvalue weighted by Crippen LogP contribution is 2.47. The van der Waals surface area contributed by atoms with Gasteiger partial charge in [-0.1, -0.05) is 0 Å². The molecule has 0 atom stereocenters. The molecule has 0 heterocycles. The molecule has 1 fully saturated rings. The largest absolute Gasteiger partial charge is 0.480 e. The van der Waals surface area contributed by atoms with Crippen LogP contribution in [0.1, 0.15) is 18.4 Å². The number of rotatable bonds is 3. The molecule has 5 heteroatoms. The second-order valence-corrected chi connectivity index (χ2v) is 4.41. The summed E-state index contributed by atoms with van der Waals surface area (Å²) in [5, 5.41) is 17.7. The number of amides is 1. The average molecular weight is 244 g/mol. The molecular weight excluding hydrogens is 232 g/mol. The molecule has 1 amide bonds. The van der Waals surface area contributed by atoms with Crippen LogP contribution in [0, 0.1) is 16.7 Å². The van der Waals surface area contributed by atoms with E-state index in [2.05, 4.69) is 0 Å². The zero-order chi connectivity index (χ0) is 13.3. The molecule has 1 aliphatic rings. The molecule has 0 aromatic heterocycles. The molecule has 1 N–H and O–H groups in total. The van der Waals surface area contributed by atoms with Crippen molar-refractivity contribution in [1.29, 1.82) is 5.26 Å². The summed E-state index contributed by atoms with van der Waals surface area (Å²) < 4.78 is 0. The van der Waals surface area contributed by atoms with Crippen LogP contribution in [0.3, 0.4) is 0 Å². The predicted octanol–water partition coefficient (Wildman–Crippen LogP) is 1.39. The minimum Gasteiger partial charge on any atom is -0.480 e. The summed E-state index contributed by atoms with van der Waals surface area (Å²) in [6, 6.07) is 8.45. The number of carbonyl (C=O) groups is 2. The zero-order valence-corrected chi connectivity index (χ0v) is 9.88. The van der Waals surface area contributed by atoms with Crippen LogP contribution in [0.25, 0.3) is 0 Å². The number of benzene rings is 1. The molecule has 2 rings (SSSR count). The van der Waals surface area contributed by atoms with Gasteiger partial charge in [0.05, 0.1) is 11.6 Å². The molecule has 1 aromatic rings. The maximum absolute atomic E-state index is 12.1. The van der Waals surface area contributed by atoms with E-state index >= 15 is 0 Å². The van der Waals surface area contributed by atoms with Crippen LogP contribution in [0.4, 0.5) is 5.69 Å². The second-order valence-electron chi connectivity index (χ2n) is 4.41. The van der Waals surface area contributed by atoms with Crippen LogP contribution in [0.15, 0.2) is 24.3 Å². The Balaban J connectivity index is 2.21. The second kappa shape index (κ2) is 4.15. The Morgan fingerprint density at radius 3 is 2.28 bits per heavy atom. The van der Waals surface area contributed by atoms with Crippen molar-refractivity contribution in [3.05, 3.63) is 29.8 Å². The first-order valence-corrected chi connectivity index (χ1v) is 5.53. The SMILES string of the molecule is CN(C(=O)C1(C(=O)O)CC1)c1ccc(C#N)cc1. The fraction of sp³-hybridized carbons (Fsp3) is 0.308. The third kappa shape index (κ3) is 1.82. The Kier molecular flexibility index (Phi) is 2.79. The quantitative estimate of drug-likeness (QED) is 0.814. The van der Waals surface area contributed by atoms with Gasteiger partial charge in [0.2, 0.25) is 5.91 Å². The fourth-order valence-electron chi connectivity index (χ4n) is 1.84. The maximum atomic E-state index is 12.1. The van der Waals surface area contributed by atoms with E-state index in [1.54, 1.807) is 31.3 Å². The molecule has 0 spiro atoms. The molecule has 1 saturated carbocycles. The van der Waals surface area contributed by atoms with Gasteiger partial charge in [-0.25, -0.2) is 0 Å². The highest BCUT2D eigenvalue weighted by atomic mass is 16.4. The van der Waals surface area contributed by atoms with Gasteiger partial charge >= 0.3 is 5.97 Å². The Hall–Kier alpha value is -2.35. The molecule has 0 aliphatic heterocycles. The van der Waals surface area contributed by atoms with E-state index in [-0.39, 0.29) is 0 Å². The van der Waals surface area contributed by atoms with E-state index in [1.165, 1.54) is 4.90 Å². The number of hydrogen-bond donors (Lipinski definition) is 1. The molecule has 0 radical (unpaired) electrons. The molecule has 5 nitrogen and oxygen atoms in total. The number of aliphatic carboxylic acids is 1. The first kappa shape index (κ1) is 12.1. The van der Waals surface area contributed by atoms with Crippen molar-refractivity contribution in [2.75, 3.05) is 11.9 Å². The van der Waals surface area contributed by atoms with Crippen molar-refractivity contribution in [1.82, 2.24) is 0 Å². The standard InChI is InChI=1S/C13H12N2O3/c1-15(10-4-2-9(8-14)3-5-10)11(16)13(6-7-13)12(17)18/h2-5H,6-7H2,1H3,(H,17,18). The third-order valence-electron chi connectivity index (χ3n) is 3.26. The van der Waals surface area contributed by atoms with E-state index in [1.807, 2.05) is 6.07 Å². The van der Waals surface area contributed by atoms with E-state index in [9.17, 15) is 9.59 Å². The lowest BCUT2D eigenvalue weighted by molar-refractivity contribution is -0.148. The Morgan fingerprint density at radius 1 is 1.33 bits per heavy atom. The van der Waals surface area contributed by atoms with Crippen molar-refractivity contribution in [2.45, 2.75) is 12.8 Å². The first-order valence-electron chi connectivity index (χ1n) is 5.53. The van der Waals surface area contributed by atoms with Crippen LogP contribution in [0.2, 0.25) is 0 Å². The first-order chi connectivity index (χ1) is 8.51. The summed E-state index contributed by atoms with van der Waals surface area (Å²) in [7, 11) is 1.55. The summed E-state index contributed by atoms with van der Waals surface area (Å²) in [6.07, 6.45) is 0.781. The van der Waals surface area contributed by atoms with Crippen LogP contribution in [-0.4, -0.2) is 24.0 Å². The Morgan fingerprint density at radius 2 is 1.89 bits per heavy atom. The van der Waals surface area contributed by atoms with Gasteiger partial charge < -0.3 is 10.0 Å². The number of carboxylic acid groups (broad SMARTS) is 1. The van der Waals surface area contributed by atoms with Gasteiger partial charge in [-0.15, -0.1) is 0 Å². The van der Waals surface area contributed by atoms with Crippen LogP contribution in [-0.2, 0) is 9.59 Å². The van der Waals surface area contributed by atoms with Crippen molar-refractivity contribution >= 4 is 17.6 Å². The molecule has 1 aromatic carbocycles. The Labute approximate surface area is 104 Å². The fourth-order valence-corrected chi connectivity index (χ4v) is 1.84. The van der Waals surface area contributed by atoms with Gasteiger partial charge in [0, 0.05) is 12.7 Å². The van der Waals surface area contributed by atoms with Gasteiger partial charge in [0.1, 0.15) is 5.41 Å². The monoisotopic (exact) mass is 244 g/mol. The molecular formula is C13H12N2O3. The Bertz CT molecular complexity index is 538. The maximum Gasteiger partial charge on any atom is 0.319 e. The highest BCUT2D eigenvalue weighted by Gasteiger charge is 2.58. The number of anilines is 1. The third-order valence-corrected chi connectivity index (χ3v) is 3.26. The number of hydrogen-bond acceptors (Lipinski definition) is 3. The summed E-state index contributed by atoms with van der Waals surface area (Å²) >= 11 is 0. The summed E-state index contributed by atoms with van der Waals surface area (Å²) in [5.74, 6) is -1.47. The number of nitrogens with zero attached hydrogens (tertiary/aromatic N) is 2. The minimum absolute atomic E-state index is 0.391. The van der Waals surface area contributed by atoms with E-state index in [4.69, 9.17) is 10.4 Å². The van der Waals surface area contributed by atoms with Crippen molar-refractivity contribution < 1.29 is 14.7 Å². The number of carbonyl (C=O) groups excluding carboxylic acids is 1. The number of carboxylic acids is 1.